The molecule has 1 aromatic heterocycles. The normalized spacial score (nSPS) is 10.9. The molecule has 3 N–H and O–H groups in total. The van der Waals surface area contributed by atoms with Crippen LogP contribution in [-0.2, 0) is 22.3 Å². The molecule has 1 heterocycles. The van der Waals surface area contributed by atoms with Crippen LogP contribution in [0.1, 0.15) is 11.1 Å². The van der Waals surface area contributed by atoms with E-state index in [1.807, 2.05) is 0 Å². The minimum Gasteiger partial charge on any atom is -0.334 e. The lowest BCUT2D eigenvalue weighted by molar-refractivity contribution is 0.251. The quantitative estimate of drug-likeness (QED) is 0.551. The summed E-state index contributed by atoms with van der Waals surface area (Å²) < 4.78 is 40.1. The largest absolute Gasteiger partial charge is 0.334 e. The minimum atomic E-state index is -3.70. The van der Waals surface area contributed by atoms with Gasteiger partial charge < -0.3 is 10.6 Å². The van der Waals surface area contributed by atoms with Gasteiger partial charge in [0.1, 0.15) is 5.82 Å². The van der Waals surface area contributed by atoms with Crippen molar-refractivity contribution < 1.29 is 17.6 Å². The first-order valence-electron chi connectivity index (χ1n) is 8.68. The Bertz CT molecular complexity index is 1070. The number of pyridine rings is 1. The second-order valence-electron chi connectivity index (χ2n) is 6.23. The van der Waals surface area contributed by atoms with Crippen molar-refractivity contribution in [3.8, 4) is 0 Å². The predicted molar refractivity (Wildman–Crippen MR) is 109 cm³/mol. The Hall–Kier alpha value is -3.46. The molecule has 29 heavy (non-hydrogen) atoms. The fourth-order valence-electron chi connectivity index (χ4n) is 2.54. The maximum atomic E-state index is 13.2. The zero-order chi connectivity index (χ0) is 20.7. The van der Waals surface area contributed by atoms with Crippen LogP contribution in [-0.4, -0.2) is 19.4 Å². The first-order chi connectivity index (χ1) is 13.9. The molecule has 0 aliphatic rings. The molecule has 0 saturated heterocycles. The van der Waals surface area contributed by atoms with Gasteiger partial charge in [-0.1, -0.05) is 12.1 Å². The second-order valence-corrected chi connectivity index (χ2v) is 7.95. The van der Waals surface area contributed by atoms with Crippen LogP contribution in [0.3, 0.4) is 0 Å². The van der Waals surface area contributed by atoms with E-state index in [0.29, 0.717) is 23.5 Å². The standard InChI is InChI=1S/C20H19FN4O3S/c21-17-3-1-2-16(12-17)14-29(27,28)25-19-6-4-18(5-7-19)24-20(26)23-13-15-8-10-22-11-9-15/h1-12,25H,13-14H2,(H2,23,24,26). The van der Waals surface area contributed by atoms with Gasteiger partial charge in [0.2, 0.25) is 10.0 Å². The summed E-state index contributed by atoms with van der Waals surface area (Å²) in [5, 5.41) is 5.38. The highest BCUT2D eigenvalue weighted by Crippen LogP contribution is 2.17. The average Bonchev–Trinajstić information content (AvgIpc) is 2.68. The van der Waals surface area contributed by atoms with E-state index in [0.717, 1.165) is 5.56 Å². The maximum absolute atomic E-state index is 13.2. The number of benzene rings is 2. The highest BCUT2D eigenvalue weighted by molar-refractivity contribution is 7.91. The summed E-state index contributed by atoms with van der Waals surface area (Å²) in [4.78, 5) is 15.9. The SMILES string of the molecule is O=C(NCc1ccncc1)Nc1ccc(NS(=O)(=O)Cc2cccc(F)c2)cc1. The monoisotopic (exact) mass is 414 g/mol. The molecular weight excluding hydrogens is 395 g/mol. The van der Waals surface area contributed by atoms with Gasteiger partial charge in [0.25, 0.3) is 0 Å². The molecule has 0 bridgehead atoms. The number of rotatable bonds is 7. The molecule has 3 aromatic rings. The van der Waals surface area contributed by atoms with E-state index in [-0.39, 0.29) is 11.8 Å². The number of carbonyl (C=O) groups excluding carboxylic acids is 1. The van der Waals surface area contributed by atoms with E-state index < -0.39 is 15.8 Å². The number of hydrogen-bond donors (Lipinski definition) is 3. The van der Waals surface area contributed by atoms with E-state index in [1.54, 1.807) is 42.7 Å². The van der Waals surface area contributed by atoms with Gasteiger partial charge in [-0.3, -0.25) is 9.71 Å². The van der Waals surface area contributed by atoms with E-state index >= 15 is 0 Å². The van der Waals surface area contributed by atoms with Gasteiger partial charge in [-0.15, -0.1) is 0 Å². The van der Waals surface area contributed by atoms with Crippen LogP contribution in [0.4, 0.5) is 20.6 Å². The van der Waals surface area contributed by atoms with E-state index in [2.05, 4.69) is 20.3 Å². The molecule has 2 amide bonds. The molecule has 0 spiro atoms. The lowest BCUT2D eigenvalue weighted by Crippen LogP contribution is -2.28. The minimum absolute atomic E-state index is 0.337. The van der Waals surface area contributed by atoms with Gasteiger partial charge in [-0.05, 0) is 59.7 Å². The van der Waals surface area contributed by atoms with Crippen LogP contribution >= 0.6 is 0 Å². The summed E-state index contributed by atoms with van der Waals surface area (Å²) in [6, 6.07) is 14.8. The number of sulfonamides is 1. The van der Waals surface area contributed by atoms with Gasteiger partial charge in [0.05, 0.1) is 5.75 Å². The van der Waals surface area contributed by atoms with Crippen LogP contribution < -0.4 is 15.4 Å². The molecule has 0 atom stereocenters. The zero-order valence-corrected chi connectivity index (χ0v) is 16.1. The predicted octanol–water partition coefficient (Wildman–Crippen LogP) is 3.48. The summed E-state index contributed by atoms with van der Waals surface area (Å²) in [6.45, 7) is 0.353. The number of hydrogen-bond acceptors (Lipinski definition) is 4. The van der Waals surface area contributed by atoms with E-state index in [4.69, 9.17) is 0 Å². The smallest absolute Gasteiger partial charge is 0.319 e. The Kier molecular flexibility index (Phi) is 6.40. The molecule has 7 nitrogen and oxygen atoms in total. The summed E-state index contributed by atoms with van der Waals surface area (Å²) in [6.07, 6.45) is 3.28. The van der Waals surface area contributed by atoms with E-state index in [1.165, 1.54) is 30.3 Å². The fourth-order valence-corrected chi connectivity index (χ4v) is 3.73. The number of anilines is 2. The molecule has 0 aliphatic carbocycles. The lowest BCUT2D eigenvalue weighted by atomic mass is 10.2. The average molecular weight is 414 g/mol. The first kappa shape index (κ1) is 20.3. The first-order valence-corrected chi connectivity index (χ1v) is 10.3. The Morgan fingerprint density at radius 3 is 2.31 bits per heavy atom. The highest BCUT2D eigenvalue weighted by Gasteiger charge is 2.12. The van der Waals surface area contributed by atoms with Crippen molar-refractivity contribution in [3.63, 3.8) is 0 Å². The number of carbonyl (C=O) groups is 1. The number of aromatic nitrogens is 1. The third kappa shape index (κ3) is 6.58. The van der Waals surface area contributed by atoms with Crippen molar-refractivity contribution >= 4 is 27.4 Å². The number of halogens is 1. The Balaban J connectivity index is 1.53. The Labute approximate surface area is 168 Å². The molecule has 2 aromatic carbocycles. The Morgan fingerprint density at radius 1 is 0.931 bits per heavy atom. The second kappa shape index (κ2) is 9.16. The third-order valence-corrected chi connectivity index (χ3v) is 5.12. The highest BCUT2D eigenvalue weighted by atomic mass is 32.2. The van der Waals surface area contributed by atoms with Gasteiger partial charge >= 0.3 is 6.03 Å². The van der Waals surface area contributed by atoms with Gasteiger partial charge in [-0.2, -0.15) is 0 Å². The molecule has 0 saturated carbocycles. The topological polar surface area (TPSA) is 100 Å². The van der Waals surface area contributed by atoms with Crippen molar-refractivity contribution in [2.75, 3.05) is 10.0 Å². The van der Waals surface area contributed by atoms with Crippen molar-refractivity contribution in [3.05, 3.63) is 90.0 Å². The van der Waals surface area contributed by atoms with Crippen LogP contribution in [0.25, 0.3) is 0 Å². The molecule has 3 rings (SSSR count). The van der Waals surface area contributed by atoms with Crippen LogP contribution in [0.5, 0.6) is 0 Å². The molecule has 0 unspecified atom stereocenters. The van der Waals surface area contributed by atoms with Gasteiger partial charge in [0, 0.05) is 30.3 Å². The summed E-state index contributed by atoms with van der Waals surface area (Å²) in [5.41, 5.74) is 2.11. The van der Waals surface area contributed by atoms with Gasteiger partial charge in [-0.25, -0.2) is 17.6 Å². The van der Waals surface area contributed by atoms with Crippen molar-refractivity contribution in [2.45, 2.75) is 12.3 Å². The third-order valence-electron chi connectivity index (χ3n) is 3.86. The number of nitrogens with one attached hydrogen (secondary N) is 3. The summed E-state index contributed by atoms with van der Waals surface area (Å²) >= 11 is 0. The lowest BCUT2D eigenvalue weighted by Gasteiger charge is -2.10. The molecule has 0 fully saturated rings. The summed E-state index contributed by atoms with van der Waals surface area (Å²) in [5.74, 6) is -0.835. The van der Waals surface area contributed by atoms with Crippen LogP contribution in [0.15, 0.2) is 73.1 Å². The van der Waals surface area contributed by atoms with Crippen molar-refractivity contribution in [1.29, 1.82) is 0 Å². The Morgan fingerprint density at radius 2 is 1.62 bits per heavy atom. The zero-order valence-electron chi connectivity index (χ0n) is 15.3. The van der Waals surface area contributed by atoms with Crippen molar-refractivity contribution in [1.82, 2.24) is 10.3 Å². The summed E-state index contributed by atoms with van der Waals surface area (Å²) in [7, 11) is -3.70. The van der Waals surface area contributed by atoms with Crippen molar-refractivity contribution in [2.24, 2.45) is 0 Å². The molecule has 9 heteroatoms. The molecular formula is C20H19FN4O3S. The van der Waals surface area contributed by atoms with Crippen LogP contribution in [0, 0.1) is 5.82 Å². The molecule has 150 valence electrons. The molecule has 0 radical (unpaired) electrons. The molecule has 0 aliphatic heterocycles. The fraction of sp³-hybridized carbons (Fsp3) is 0.100. The number of nitrogens with zero attached hydrogens (tertiary/aromatic N) is 1. The van der Waals surface area contributed by atoms with Crippen LogP contribution in [0.2, 0.25) is 0 Å². The maximum Gasteiger partial charge on any atom is 0.319 e. The van der Waals surface area contributed by atoms with E-state index in [9.17, 15) is 17.6 Å². The number of urea groups is 1. The van der Waals surface area contributed by atoms with Gasteiger partial charge in [0.15, 0.2) is 0 Å². The number of amides is 2.